The van der Waals surface area contributed by atoms with Crippen LogP contribution >= 0.6 is 0 Å². The molecule has 0 unspecified atom stereocenters. The van der Waals surface area contributed by atoms with Gasteiger partial charge in [0.05, 0.1) is 12.8 Å². The first-order valence-corrected chi connectivity index (χ1v) is 9.63. The fraction of sp³-hybridized carbons (Fsp3) is 0.947. The molecule has 2 N–H and O–H groups in total. The molecule has 4 aliphatic heterocycles. The smallest absolute Gasteiger partial charge is 0.222 e. The second-order valence-corrected chi connectivity index (χ2v) is 9.51. The predicted octanol–water partition coefficient (Wildman–Crippen LogP) is 0.311. The van der Waals surface area contributed by atoms with E-state index in [2.05, 4.69) is 27.7 Å². The summed E-state index contributed by atoms with van der Waals surface area (Å²) in [6, 6.07) is 0. The molecule has 0 radical (unpaired) electrons. The summed E-state index contributed by atoms with van der Waals surface area (Å²) in [5.74, 6) is 1.62. The zero-order valence-corrected chi connectivity index (χ0v) is 14.9. The first-order valence-electron chi connectivity index (χ1n) is 9.63. The Hall–Kier alpha value is -0.410. The molecule has 5 fully saturated rings. The Morgan fingerprint density at radius 2 is 1.18 bits per heavy atom. The largest absolute Gasteiger partial charge is 0.297 e. The van der Waals surface area contributed by atoms with Crippen molar-refractivity contribution in [1.82, 2.24) is 0 Å². The number of hydrogen-bond acceptors (Lipinski definition) is 1. The summed E-state index contributed by atoms with van der Waals surface area (Å²) < 4.78 is 0. The lowest BCUT2D eigenvalue weighted by atomic mass is 9.52. The van der Waals surface area contributed by atoms with Crippen molar-refractivity contribution in [3.63, 3.8) is 0 Å². The Balaban J connectivity index is 1.80. The van der Waals surface area contributed by atoms with Gasteiger partial charge in [0.15, 0.2) is 5.78 Å². The predicted molar refractivity (Wildman–Crippen MR) is 86.8 cm³/mol. The van der Waals surface area contributed by atoms with E-state index in [-0.39, 0.29) is 10.8 Å². The van der Waals surface area contributed by atoms with Crippen LogP contribution in [0.25, 0.3) is 0 Å². The molecule has 0 amide bonds. The first-order chi connectivity index (χ1) is 10.4. The second-order valence-electron chi connectivity index (χ2n) is 9.51. The summed E-state index contributed by atoms with van der Waals surface area (Å²) in [6.45, 7) is 13.7. The monoisotopic (exact) mass is 306 g/mol. The Morgan fingerprint density at radius 1 is 0.773 bits per heavy atom. The molecular weight excluding hydrogens is 272 g/mol. The number of ketones is 1. The van der Waals surface area contributed by atoms with Gasteiger partial charge in [0.2, 0.25) is 5.66 Å². The normalized spacial score (nSPS) is 46.2. The molecular formula is C19H34N2O+2. The lowest BCUT2D eigenvalue weighted by molar-refractivity contribution is -1.20. The Bertz CT molecular complexity index is 442. The minimum Gasteiger partial charge on any atom is -0.297 e. The standard InChI is InChI=1S/C19H32N2O/c1-14(2)17-10-20-12-18(15(3)4,16(17)22)13-21(11-17)19(20)8-6-5-7-9-19/h14-15H,5-13H2,1-4H3/p+2. The summed E-state index contributed by atoms with van der Waals surface area (Å²) in [4.78, 5) is 17.2. The van der Waals surface area contributed by atoms with Crippen LogP contribution in [0.5, 0.6) is 0 Å². The zero-order chi connectivity index (χ0) is 15.8. The van der Waals surface area contributed by atoms with Crippen molar-refractivity contribution in [2.75, 3.05) is 26.2 Å². The summed E-state index contributed by atoms with van der Waals surface area (Å²) in [7, 11) is 0. The van der Waals surface area contributed by atoms with Gasteiger partial charge in [-0.3, -0.25) is 14.6 Å². The number of carbonyl (C=O) groups is 1. The quantitative estimate of drug-likeness (QED) is 0.755. The van der Waals surface area contributed by atoms with Crippen molar-refractivity contribution in [2.24, 2.45) is 22.7 Å². The zero-order valence-electron chi connectivity index (χ0n) is 14.9. The highest BCUT2D eigenvalue weighted by Crippen LogP contribution is 2.46. The fourth-order valence-electron chi connectivity index (χ4n) is 6.72. The molecule has 5 rings (SSSR count). The Labute approximate surface area is 135 Å². The van der Waals surface area contributed by atoms with Crippen molar-refractivity contribution in [3.8, 4) is 0 Å². The fourth-order valence-corrected chi connectivity index (χ4v) is 6.72. The van der Waals surface area contributed by atoms with Gasteiger partial charge in [-0.2, -0.15) is 0 Å². The minimum absolute atomic E-state index is 0.0336. The topological polar surface area (TPSA) is 26.0 Å². The number of piperidine rings is 2. The van der Waals surface area contributed by atoms with Gasteiger partial charge < -0.3 is 0 Å². The van der Waals surface area contributed by atoms with Gasteiger partial charge in [0, 0.05) is 0 Å². The number of quaternary nitrogens is 2. The third-order valence-corrected chi connectivity index (χ3v) is 8.29. The van der Waals surface area contributed by atoms with Gasteiger partial charge in [-0.05, 0) is 24.7 Å². The summed E-state index contributed by atoms with van der Waals surface area (Å²) in [5.41, 5.74) is 0.401. The van der Waals surface area contributed by atoms with Gasteiger partial charge in [-0.1, -0.05) is 34.1 Å². The van der Waals surface area contributed by atoms with Crippen LogP contribution in [0.15, 0.2) is 0 Å². The third-order valence-electron chi connectivity index (χ3n) is 8.29. The molecule has 4 saturated heterocycles. The van der Waals surface area contributed by atoms with Gasteiger partial charge in [-0.25, -0.2) is 0 Å². The van der Waals surface area contributed by atoms with E-state index in [0.29, 0.717) is 23.3 Å². The van der Waals surface area contributed by atoms with Crippen LogP contribution in [0.4, 0.5) is 0 Å². The van der Waals surface area contributed by atoms with Crippen LogP contribution in [0, 0.1) is 22.7 Å². The number of nitrogens with one attached hydrogen (secondary N) is 2. The van der Waals surface area contributed by atoms with Gasteiger partial charge in [-0.15, -0.1) is 0 Å². The number of rotatable bonds is 2. The maximum absolute atomic E-state index is 13.5. The molecule has 0 atom stereocenters. The van der Waals surface area contributed by atoms with E-state index in [4.69, 9.17) is 0 Å². The molecule has 4 bridgehead atoms. The van der Waals surface area contributed by atoms with Gasteiger partial charge >= 0.3 is 0 Å². The van der Waals surface area contributed by atoms with E-state index in [9.17, 15) is 4.79 Å². The van der Waals surface area contributed by atoms with E-state index in [1.807, 2.05) is 9.80 Å². The maximum atomic E-state index is 13.5. The van der Waals surface area contributed by atoms with Crippen molar-refractivity contribution in [2.45, 2.75) is 65.5 Å². The third kappa shape index (κ3) is 1.57. The summed E-state index contributed by atoms with van der Waals surface area (Å²) in [5, 5.41) is 0. The Kier molecular flexibility index (Phi) is 3.14. The van der Waals surface area contributed by atoms with Crippen LogP contribution in [0.3, 0.4) is 0 Å². The lowest BCUT2D eigenvalue weighted by Crippen LogP contribution is -3.49. The molecule has 3 heteroatoms. The molecule has 0 aromatic rings. The van der Waals surface area contributed by atoms with E-state index >= 15 is 0 Å². The second kappa shape index (κ2) is 4.57. The van der Waals surface area contributed by atoms with E-state index in [1.165, 1.54) is 32.1 Å². The molecule has 3 nitrogen and oxygen atoms in total. The van der Waals surface area contributed by atoms with Crippen molar-refractivity contribution >= 4 is 5.78 Å². The first kappa shape index (κ1) is 15.1. The molecule has 124 valence electrons. The minimum atomic E-state index is -0.0336. The Morgan fingerprint density at radius 3 is 1.55 bits per heavy atom. The average molecular weight is 306 g/mol. The van der Waals surface area contributed by atoms with E-state index in [0.717, 1.165) is 26.2 Å². The molecule has 0 aromatic carbocycles. The molecule has 22 heavy (non-hydrogen) atoms. The van der Waals surface area contributed by atoms with Gasteiger partial charge in [0.25, 0.3) is 0 Å². The highest BCUT2D eigenvalue weighted by Gasteiger charge is 2.76. The summed E-state index contributed by atoms with van der Waals surface area (Å²) in [6.07, 6.45) is 7.03. The lowest BCUT2D eigenvalue weighted by Gasteiger charge is -2.67. The van der Waals surface area contributed by atoms with Crippen LogP contribution in [-0.2, 0) is 4.79 Å². The van der Waals surface area contributed by atoms with Crippen molar-refractivity contribution in [1.29, 1.82) is 0 Å². The number of Topliss-reactive ketones (excluding diaryl/α,β-unsaturated/α-hetero) is 1. The van der Waals surface area contributed by atoms with Crippen LogP contribution in [-0.4, -0.2) is 37.6 Å². The average Bonchev–Trinajstić information content (AvgIpc) is 2.47. The molecule has 1 spiro atoms. The SMILES string of the molecule is CC(C)C12C[NH+]3CC(C(C)C)(C[NH+](C1)C31CCCCC1)C2=O. The van der Waals surface area contributed by atoms with Crippen molar-refractivity contribution in [3.05, 3.63) is 0 Å². The van der Waals surface area contributed by atoms with Gasteiger partial charge in [0.1, 0.15) is 37.0 Å². The summed E-state index contributed by atoms with van der Waals surface area (Å²) >= 11 is 0. The number of carbonyl (C=O) groups excluding carboxylic acids is 1. The molecule has 4 heterocycles. The van der Waals surface area contributed by atoms with Crippen LogP contribution in [0.1, 0.15) is 59.8 Å². The molecule has 0 aromatic heterocycles. The molecule has 5 aliphatic rings. The van der Waals surface area contributed by atoms with Crippen LogP contribution in [0.2, 0.25) is 0 Å². The van der Waals surface area contributed by atoms with Crippen LogP contribution < -0.4 is 9.80 Å². The highest BCUT2D eigenvalue weighted by atomic mass is 16.1. The maximum Gasteiger partial charge on any atom is 0.222 e. The van der Waals surface area contributed by atoms with E-state index < -0.39 is 0 Å². The van der Waals surface area contributed by atoms with Crippen molar-refractivity contribution < 1.29 is 14.6 Å². The molecule has 1 aliphatic carbocycles. The molecule has 1 saturated carbocycles. The number of hydrogen-bond donors (Lipinski definition) is 2. The highest BCUT2D eigenvalue weighted by molar-refractivity contribution is 5.92. The van der Waals surface area contributed by atoms with E-state index in [1.54, 1.807) is 0 Å².